The Morgan fingerprint density at radius 3 is 2.90 bits per heavy atom. The van der Waals surface area contributed by atoms with Gasteiger partial charge < -0.3 is 0 Å². The Morgan fingerprint density at radius 1 is 1.38 bits per heavy atom. The van der Waals surface area contributed by atoms with Crippen LogP contribution in [0.2, 0.25) is 5.02 Å². The summed E-state index contributed by atoms with van der Waals surface area (Å²) in [6.07, 6.45) is 1.64. The van der Waals surface area contributed by atoms with Gasteiger partial charge in [0.05, 0.1) is 10.7 Å². The molecule has 0 fully saturated rings. The third-order valence-corrected chi connectivity index (χ3v) is 3.93. The van der Waals surface area contributed by atoms with Gasteiger partial charge in [-0.3, -0.25) is 14.8 Å². The molecule has 0 aliphatic rings. The van der Waals surface area contributed by atoms with E-state index < -0.39 is 0 Å². The highest BCUT2D eigenvalue weighted by Gasteiger charge is 2.16. The van der Waals surface area contributed by atoms with E-state index in [2.05, 4.69) is 15.4 Å². The number of nitrogens with one attached hydrogen (secondary N) is 1. The van der Waals surface area contributed by atoms with Gasteiger partial charge in [0.2, 0.25) is 0 Å². The van der Waals surface area contributed by atoms with Crippen LogP contribution in [0.25, 0.3) is 11.3 Å². The summed E-state index contributed by atoms with van der Waals surface area (Å²) in [5.74, 6) is -0.252. The lowest BCUT2D eigenvalue weighted by molar-refractivity contribution is 0.101. The average Bonchev–Trinajstić information content (AvgIpc) is 3.09. The van der Waals surface area contributed by atoms with Crippen molar-refractivity contribution in [3.63, 3.8) is 0 Å². The average molecular weight is 319 g/mol. The highest BCUT2D eigenvalue weighted by molar-refractivity contribution is 7.13. The Morgan fingerprint density at radius 2 is 2.19 bits per heavy atom. The van der Waals surface area contributed by atoms with Gasteiger partial charge >= 0.3 is 0 Å². The molecule has 0 aliphatic heterocycles. The van der Waals surface area contributed by atoms with Gasteiger partial charge in [0.25, 0.3) is 5.91 Å². The molecule has 3 aromatic rings. The fourth-order valence-corrected chi connectivity index (χ4v) is 2.68. The first-order valence-corrected chi connectivity index (χ1v) is 7.40. The van der Waals surface area contributed by atoms with Crippen LogP contribution in [0.4, 0.5) is 5.13 Å². The maximum atomic E-state index is 12.2. The van der Waals surface area contributed by atoms with E-state index in [9.17, 15) is 4.79 Å². The maximum absolute atomic E-state index is 12.2. The quantitative estimate of drug-likeness (QED) is 0.804. The van der Waals surface area contributed by atoms with Crippen molar-refractivity contribution < 1.29 is 4.79 Å². The molecule has 0 radical (unpaired) electrons. The molecule has 1 aromatic carbocycles. The Kier molecular flexibility index (Phi) is 3.72. The van der Waals surface area contributed by atoms with E-state index in [1.165, 1.54) is 16.0 Å². The van der Waals surface area contributed by atoms with Crippen LogP contribution in [0.1, 0.15) is 10.5 Å². The third kappa shape index (κ3) is 2.81. The number of hydrogen-bond acceptors (Lipinski definition) is 4. The molecule has 5 nitrogen and oxygen atoms in total. The molecular weight excluding hydrogens is 308 g/mol. The predicted molar refractivity (Wildman–Crippen MR) is 83.7 cm³/mol. The molecule has 0 aliphatic carbocycles. The molecular formula is C14H11ClN4OS. The number of nitrogens with zero attached hydrogens (tertiary/aromatic N) is 3. The van der Waals surface area contributed by atoms with E-state index in [4.69, 9.17) is 11.6 Å². The maximum Gasteiger partial charge on any atom is 0.275 e. The summed E-state index contributed by atoms with van der Waals surface area (Å²) >= 11 is 7.52. The van der Waals surface area contributed by atoms with Gasteiger partial charge in [-0.15, -0.1) is 11.3 Å². The summed E-state index contributed by atoms with van der Waals surface area (Å²) in [6, 6.07) is 9.11. The lowest BCUT2D eigenvalue weighted by Crippen LogP contribution is -2.15. The summed E-state index contributed by atoms with van der Waals surface area (Å²) in [7, 11) is 1.72. The van der Waals surface area contributed by atoms with Gasteiger partial charge in [-0.25, -0.2) is 4.98 Å². The number of anilines is 1. The van der Waals surface area contributed by atoms with Crippen LogP contribution in [0.3, 0.4) is 0 Å². The van der Waals surface area contributed by atoms with Crippen LogP contribution in [-0.4, -0.2) is 20.7 Å². The lowest BCUT2D eigenvalue weighted by atomic mass is 10.1. The lowest BCUT2D eigenvalue weighted by Gasteiger charge is -2.00. The molecule has 0 bridgehead atoms. The van der Waals surface area contributed by atoms with E-state index in [1.807, 2.05) is 18.2 Å². The number of halogens is 1. The highest BCUT2D eigenvalue weighted by atomic mass is 35.5. The molecule has 0 spiro atoms. The first-order valence-electron chi connectivity index (χ1n) is 6.15. The molecule has 21 heavy (non-hydrogen) atoms. The van der Waals surface area contributed by atoms with Crippen LogP contribution < -0.4 is 5.32 Å². The Bertz CT molecular complexity index is 782. The van der Waals surface area contributed by atoms with Crippen LogP contribution >= 0.6 is 22.9 Å². The van der Waals surface area contributed by atoms with Gasteiger partial charge in [-0.05, 0) is 12.1 Å². The first kappa shape index (κ1) is 13.8. The number of hydrogen-bond donors (Lipinski definition) is 1. The minimum Gasteiger partial charge on any atom is -0.297 e. The van der Waals surface area contributed by atoms with Gasteiger partial charge in [0, 0.05) is 24.2 Å². The summed E-state index contributed by atoms with van der Waals surface area (Å²) in [4.78, 5) is 16.3. The second-order valence-corrected chi connectivity index (χ2v) is 5.61. The largest absolute Gasteiger partial charge is 0.297 e. The molecule has 106 valence electrons. The zero-order valence-corrected chi connectivity index (χ0v) is 12.6. The highest BCUT2D eigenvalue weighted by Crippen LogP contribution is 2.27. The van der Waals surface area contributed by atoms with Gasteiger partial charge in [0.15, 0.2) is 5.13 Å². The van der Waals surface area contributed by atoms with Crippen molar-refractivity contribution in [1.82, 2.24) is 14.8 Å². The van der Waals surface area contributed by atoms with E-state index in [0.717, 1.165) is 5.56 Å². The zero-order chi connectivity index (χ0) is 14.8. The fourth-order valence-electron chi connectivity index (χ4n) is 1.93. The minimum atomic E-state index is -0.252. The van der Waals surface area contributed by atoms with Crippen molar-refractivity contribution in [2.45, 2.75) is 0 Å². The fraction of sp³-hybridized carbons (Fsp3) is 0.0714. The number of rotatable bonds is 3. The molecule has 1 N–H and O–H groups in total. The molecule has 0 atom stereocenters. The molecule has 2 heterocycles. The molecule has 0 unspecified atom stereocenters. The smallest absolute Gasteiger partial charge is 0.275 e. The van der Waals surface area contributed by atoms with Crippen molar-refractivity contribution in [3.05, 3.63) is 52.6 Å². The normalized spacial score (nSPS) is 10.6. The van der Waals surface area contributed by atoms with Crippen molar-refractivity contribution in [2.24, 2.45) is 7.05 Å². The second-order valence-electron chi connectivity index (χ2n) is 4.31. The van der Waals surface area contributed by atoms with Crippen molar-refractivity contribution >= 4 is 34.0 Å². The van der Waals surface area contributed by atoms with Crippen LogP contribution in [0, 0.1) is 0 Å². The number of carbonyl (C=O) groups is 1. The van der Waals surface area contributed by atoms with E-state index in [-0.39, 0.29) is 5.91 Å². The SMILES string of the molecule is Cn1nc(-c2ccccc2Cl)cc1C(=O)Nc1nccs1. The van der Waals surface area contributed by atoms with Gasteiger partial charge in [-0.1, -0.05) is 29.8 Å². The number of benzene rings is 1. The summed E-state index contributed by atoms with van der Waals surface area (Å²) < 4.78 is 1.53. The van der Waals surface area contributed by atoms with Crippen molar-refractivity contribution in [3.8, 4) is 11.3 Å². The first-order chi connectivity index (χ1) is 10.1. The Hall–Kier alpha value is -2.18. The monoisotopic (exact) mass is 318 g/mol. The van der Waals surface area contributed by atoms with Crippen LogP contribution in [0.5, 0.6) is 0 Å². The Labute approximate surface area is 130 Å². The second kappa shape index (κ2) is 5.67. The minimum absolute atomic E-state index is 0.252. The third-order valence-electron chi connectivity index (χ3n) is 2.92. The molecule has 7 heteroatoms. The van der Waals surface area contributed by atoms with Gasteiger partial charge in [-0.2, -0.15) is 5.10 Å². The Balaban J connectivity index is 1.91. The van der Waals surface area contributed by atoms with E-state index in [1.54, 1.807) is 30.8 Å². The van der Waals surface area contributed by atoms with Crippen molar-refractivity contribution in [2.75, 3.05) is 5.32 Å². The van der Waals surface area contributed by atoms with Crippen molar-refractivity contribution in [1.29, 1.82) is 0 Å². The van der Waals surface area contributed by atoms with Crippen LogP contribution in [-0.2, 0) is 7.05 Å². The molecule has 0 saturated carbocycles. The molecule has 0 saturated heterocycles. The molecule has 2 aromatic heterocycles. The van der Waals surface area contributed by atoms with Crippen LogP contribution in [0.15, 0.2) is 41.9 Å². The summed E-state index contributed by atoms with van der Waals surface area (Å²) in [6.45, 7) is 0. The standard InChI is InChI=1S/C14H11ClN4OS/c1-19-12(13(20)17-14-16-6-7-21-14)8-11(18-19)9-4-2-3-5-10(9)15/h2-8H,1H3,(H,16,17,20). The predicted octanol–water partition coefficient (Wildman–Crippen LogP) is 3.45. The molecule has 1 amide bonds. The number of aromatic nitrogens is 3. The van der Waals surface area contributed by atoms with E-state index >= 15 is 0 Å². The number of carbonyl (C=O) groups excluding carboxylic acids is 1. The van der Waals surface area contributed by atoms with E-state index in [0.29, 0.717) is 21.5 Å². The number of aryl methyl sites for hydroxylation is 1. The summed E-state index contributed by atoms with van der Waals surface area (Å²) in [5, 5.41) is 10.0. The number of thiazole rings is 1. The number of amides is 1. The zero-order valence-electron chi connectivity index (χ0n) is 11.1. The molecule has 3 rings (SSSR count). The topological polar surface area (TPSA) is 59.8 Å². The summed E-state index contributed by atoms with van der Waals surface area (Å²) in [5.41, 5.74) is 1.90. The van der Waals surface area contributed by atoms with Gasteiger partial charge in [0.1, 0.15) is 5.69 Å².